The molecule has 96 valence electrons. The molecule has 0 aliphatic rings. The first-order valence-corrected chi connectivity index (χ1v) is 6.00. The van der Waals surface area contributed by atoms with E-state index in [4.69, 9.17) is 4.74 Å². The highest BCUT2D eigenvalue weighted by Crippen LogP contribution is 2.30. The number of hydrogen-bond acceptors (Lipinski definition) is 3. The maximum atomic E-state index is 11.9. The van der Waals surface area contributed by atoms with E-state index in [0.29, 0.717) is 5.75 Å². The largest absolute Gasteiger partial charge is 0.495 e. The number of nitrogens with one attached hydrogen (secondary N) is 1. The SMILES string of the molecule is COc1ccc(C)cc1NCCSC(F)(F)F. The lowest BCUT2D eigenvalue weighted by Gasteiger charge is -2.12. The van der Waals surface area contributed by atoms with Crippen molar-refractivity contribution in [1.82, 2.24) is 0 Å². The van der Waals surface area contributed by atoms with Crippen molar-refractivity contribution in [2.75, 3.05) is 24.7 Å². The van der Waals surface area contributed by atoms with Crippen LogP contribution in [0.4, 0.5) is 18.9 Å². The molecule has 0 bridgehead atoms. The minimum Gasteiger partial charge on any atom is -0.495 e. The molecule has 2 nitrogen and oxygen atoms in total. The number of ether oxygens (including phenoxy) is 1. The van der Waals surface area contributed by atoms with Crippen LogP contribution in [-0.2, 0) is 0 Å². The Labute approximate surface area is 103 Å². The number of anilines is 1. The van der Waals surface area contributed by atoms with Gasteiger partial charge in [0.25, 0.3) is 0 Å². The quantitative estimate of drug-likeness (QED) is 0.821. The topological polar surface area (TPSA) is 21.3 Å². The summed E-state index contributed by atoms with van der Waals surface area (Å²) >= 11 is -0.0328. The molecule has 6 heteroatoms. The predicted molar refractivity (Wildman–Crippen MR) is 64.7 cm³/mol. The lowest BCUT2D eigenvalue weighted by atomic mass is 10.2. The molecule has 0 unspecified atom stereocenters. The molecule has 0 aromatic heterocycles. The minimum atomic E-state index is -4.17. The van der Waals surface area contributed by atoms with E-state index >= 15 is 0 Å². The van der Waals surface area contributed by atoms with Gasteiger partial charge in [0.2, 0.25) is 0 Å². The molecule has 17 heavy (non-hydrogen) atoms. The first-order chi connectivity index (χ1) is 7.92. The Balaban J connectivity index is 2.48. The molecule has 1 aromatic rings. The molecule has 0 amide bonds. The van der Waals surface area contributed by atoms with Gasteiger partial charge in [0.15, 0.2) is 0 Å². The number of methoxy groups -OCH3 is 1. The average Bonchev–Trinajstić information content (AvgIpc) is 2.23. The summed E-state index contributed by atoms with van der Waals surface area (Å²) in [5.41, 5.74) is -2.43. The number of rotatable bonds is 5. The third kappa shape index (κ3) is 5.21. The molecule has 0 saturated heterocycles. The smallest absolute Gasteiger partial charge is 0.441 e. The molecule has 1 N–H and O–H groups in total. The highest BCUT2D eigenvalue weighted by atomic mass is 32.2. The van der Waals surface area contributed by atoms with Gasteiger partial charge in [0.05, 0.1) is 12.8 Å². The van der Waals surface area contributed by atoms with Gasteiger partial charge in [-0.3, -0.25) is 0 Å². The molecule has 0 atom stereocenters. The van der Waals surface area contributed by atoms with Gasteiger partial charge in [-0.1, -0.05) is 6.07 Å². The van der Waals surface area contributed by atoms with Crippen molar-refractivity contribution in [2.45, 2.75) is 12.4 Å². The number of halogens is 3. The normalized spacial score (nSPS) is 11.4. The van der Waals surface area contributed by atoms with Gasteiger partial charge in [0.1, 0.15) is 5.75 Å². The Bertz CT molecular complexity index is 368. The maximum Gasteiger partial charge on any atom is 0.441 e. The van der Waals surface area contributed by atoms with Crippen LogP contribution in [0.1, 0.15) is 5.56 Å². The van der Waals surface area contributed by atoms with Crippen LogP contribution in [0, 0.1) is 6.92 Å². The molecule has 0 saturated carbocycles. The summed E-state index contributed by atoms with van der Waals surface area (Å²) in [5.74, 6) is 0.605. The second kappa shape index (κ2) is 6.05. The lowest BCUT2D eigenvalue weighted by Crippen LogP contribution is -2.10. The van der Waals surface area contributed by atoms with Gasteiger partial charge in [-0.15, -0.1) is 0 Å². The van der Waals surface area contributed by atoms with Gasteiger partial charge in [-0.2, -0.15) is 13.2 Å². The van der Waals surface area contributed by atoms with E-state index in [9.17, 15) is 13.2 Å². The van der Waals surface area contributed by atoms with E-state index in [1.54, 1.807) is 6.07 Å². The average molecular weight is 265 g/mol. The van der Waals surface area contributed by atoms with Crippen molar-refractivity contribution in [3.63, 3.8) is 0 Å². The van der Waals surface area contributed by atoms with Crippen LogP contribution in [0.2, 0.25) is 0 Å². The fourth-order valence-corrected chi connectivity index (χ4v) is 1.75. The van der Waals surface area contributed by atoms with Crippen LogP contribution in [0.25, 0.3) is 0 Å². The molecule has 0 radical (unpaired) electrons. The Kier molecular flexibility index (Phi) is 4.99. The van der Waals surface area contributed by atoms with E-state index < -0.39 is 5.51 Å². The van der Waals surface area contributed by atoms with Crippen molar-refractivity contribution in [2.24, 2.45) is 0 Å². The van der Waals surface area contributed by atoms with Gasteiger partial charge in [0, 0.05) is 12.3 Å². The summed E-state index contributed by atoms with van der Waals surface area (Å²) in [4.78, 5) is 0. The predicted octanol–water partition coefficient (Wildman–Crippen LogP) is 3.67. The molecule has 0 heterocycles. The van der Waals surface area contributed by atoms with Crippen LogP contribution in [-0.4, -0.2) is 24.9 Å². The van der Waals surface area contributed by atoms with Crippen molar-refractivity contribution in [3.8, 4) is 5.75 Å². The maximum absolute atomic E-state index is 11.9. The zero-order valence-electron chi connectivity index (χ0n) is 9.60. The minimum absolute atomic E-state index is 0.0272. The standard InChI is InChI=1S/C11H14F3NOS/c1-8-3-4-10(16-2)9(7-8)15-5-6-17-11(12,13)14/h3-4,7,15H,5-6H2,1-2H3. The van der Waals surface area contributed by atoms with Gasteiger partial charge in [-0.05, 0) is 36.4 Å². The van der Waals surface area contributed by atoms with Crippen LogP contribution in [0.15, 0.2) is 18.2 Å². The van der Waals surface area contributed by atoms with Crippen molar-refractivity contribution < 1.29 is 17.9 Å². The number of benzene rings is 1. The molecule has 0 aliphatic heterocycles. The Hall–Kier alpha value is -1.04. The fraction of sp³-hybridized carbons (Fsp3) is 0.455. The summed E-state index contributed by atoms with van der Waals surface area (Å²) in [5, 5.41) is 2.93. The Morgan fingerprint density at radius 3 is 2.65 bits per heavy atom. The second-order valence-corrected chi connectivity index (χ2v) is 4.58. The molecule has 1 aromatic carbocycles. The Morgan fingerprint density at radius 1 is 1.35 bits per heavy atom. The molecule has 0 spiro atoms. The third-order valence-corrected chi connectivity index (χ3v) is 2.77. The highest BCUT2D eigenvalue weighted by molar-refractivity contribution is 8.00. The number of thioether (sulfide) groups is 1. The highest BCUT2D eigenvalue weighted by Gasteiger charge is 2.27. The third-order valence-electron chi connectivity index (χ3n) is 2.04. The number of hydrogen-bond donors (Lipinski definition) is 1. The van der Waals surface area contributed by atoms with E-state index in [1.165, 1.54) is 7.11 Å². The van der Waals surface area contributed by atoms with Crippen molar-refractivity contribution in [1.29, 1.82) is 0 Å². The van der Waals surface area contributed by atoms with Gasteiger partial charge < -0.3 is 10.1 Å². The summed E-state index contributed by atoms with van der Waals surface area (Å²) in [6, 6.07) is 5.51. The monoisotopic (exact) mass is 265 g/mol. The summed E-state index contributed by atoms with van der Waals surface area (Å²) < 4.78 is 40.8. The van der Waals surface area contributed by atoms with Crippen LogP contribution in [0.5, 0.6) is 5.75 Å². The van der Waals surface area contributed by atoms with Gasteiger partial charge in [-0.25, -0.2) is 0 Å². The zero-order valence-corrected chi connectivity index (χ0v) is 10.4. The zero-order chi connectivity index (χ0) is 12.9. The van der Waals surface area contributed by atoms with E-state index in [0.717, 1.165) is 11.3 Å². The summed E-state index contributed by atoms with van der Waals surface area (Å²) in [7, 11) is 1.53. The van der Waals surface area contributed by atoms with Gasteiger partial charge >= 0.3 is 5.51 Å². The Morgan fingerprint density at radius 2 is 2.06 bits per heavy atom. The van der Waals surface area contributed by atoms with Crippen LogP contribution in [0.3, 0.4) is 0 Å². The van der Waals surface area contributed by atoms with E-state index in [-0.39, 0.29) is 24.1 Å². The summed E-state index contributed by atoms with van der Waals surface area (Å²) in [6.45, 7) is 2.15. The van der Waals surface area contributed by atoms with Crippen molar-refractivity contribution >= 4 is 17.4 Å². The second-order valence-electron chi connectivity index (χ2n) is 3.42. The summed E-state index contributed by atoms with van der Waals surface area (Å²) in [6.07, 6.45) is 0. The lowest BCUT2D eigenvalue weighted by molar-refractivity contribution is -0.0327. The first kappa shape index (κ1) is 14.0. The van der Waals surface area contributed by atoms with Crippen LogP contribution >= 0.6 is 11.8 Å². The number of aryl methyl sites for hydroxylation is 1. The first-order valence-electron chi connectivity index (χ1n) is 5.01. The molecule has 0 fully saturated rings. The van der Waals surface area contributed by atoms with Crippen LogP contribution < -0.4 is 10.1 Å². The molecule has 1 rings (SSSR count). The number of alkyl halides is 3. The van der Waals surface area contributed by atoms with E-state index in [2.05, 4.69) is 5.32 Å². The fourth-order valence-electron chi connectivity index (χ4n) is 1.31. The molecule has 0 aliphatic carbocycles. The van der Waals surface area contributed by atoms with E-state index in [1.807, 2.05) is 19.1 Å². The molecular weight excluding hydrogens is 251 g/mol. The molecular formula is C11H14F3NOS. The van der Waals surface area contributed by atoms with Crippen molar-refractivity contribution in [3.05, 3.63) is 23.8 Å².